The highest BCUT2D eigenvalue weighted by Gasteiger charge is 2.21. The van der Waals surface area contributed by atoms with Gasteiger partial charge in [-0.1, -0.05) is 12.1 Å². The molecule has 0 saturated heterocycles. The molecule has 0 N–H and O–H groups in total. The van der Waals surface area contributed by atoms with Crippen molar-refractivity contribution < 1.29 is 0 Å². The summed E-state index contributed by atoms with van der Waals surface area (Å²) in [5.74, 6) is 0. The van der Waals surface area contributed by atoms with Crippen LogP contribution in [-0.4, -0.2) is 21.7 Å². The molecule has 1 aliphatic heterocycles. The van der Waals surface area contributed by atoms with Crippen molar-refractivity contribution in [1.29, 1.82) is 0 Å². The van der Waals surface area contributed by atoms with Crippen molar-refractivity contribution in [3.63, 3.8) is 0 Å². The lowest BCUT2D eigenvalue weighted by Gasteiger charge is -2.09. The van der Waals surface area contributed by atoms with Gasteiger partial charge < -0.3 is 0 Å². The van der Waals surface area contributed by atoms with Gasteiger partial charge in [0.1, 0.15) is 0 Å². The second kappa shape index (κ2) is 3.71. The van der Waals surface area contributed by atoms with Crippen LogP contribution in [0.4, 0.5) is 0 Å². The molecule has 0 fully saturated rings. The molecule has 82 valence electrons. The number of benzene rings is 1. The number of hydrogen-bond donors (Lipinski definition) is 0. The molecule has 1 aromatic carbocycles. The Hall–Kier alpha value is -1.13. The summed E-state index contributed by atoms with van der Waals surface area (Å²) in [5.41, 5.74) is 3.74. The van der Waals surface area contributed by atoms with Gasteiger partial charge in [-0.2, -0.15) is 5.10 Å². The van der Waals surface area contributed by atoms with Crippen molar-refractivity contribution in [3.8, 4) is 5.69 Å². The highest BCUT2D eigenvalue weighted by Crippen LogP contribution is 2.27. The Labute approximate surface area is 103 Å². The van der Waals surface area contributed by atoms with Crippen LogP contribution in [0.5, 0.6) is 0 Å². The van der Waals surface area contributed by atoms with Crippen molar-refractivity contribution in [2.24, 2.45) is 0 Å². The number of halogens is 1. The molecule has 3 rings (SSSR count). The van der Waals surface area contributed by atoms with Gasteiger partial charge in [-0.05, 0) is 35.1 Å². The molecule has 0 amide bonds. The van der Waals surface area contributed by atoms with E-state index in [4.69, 9.17) is 0 Å². The van der Waals surface area contributed by atoms with Crippen LogP contribution in [0.15, 0.2) is 34.9 Å². The van der Waals surface area contributed by atoms with Gasteiger partial charge in [0.05, 0.1) is 17.6 Å². The predicted octanol–water partition coefficient (Wildman–Crippen LogP) is 2.58. The highest BCUT2D eigenvalue weighted by molar-refractivity contribution is 9.10. The zero-order chi connectivity index (χ0) is 11.1. The van der Waals surface area contributed by atoms with Crippen LogP contribution in [0.25, 0.3) is 5.69 Å². The third kappa shape index (κ3) is 1.49. The quantitative estimate of drug-likeness (QED) is 0.799. The Morgan fingerprint density at radius 3 is 2.88 bits per heavy atom. The minimum absolute atomic E-state index is 0.969. The van der Waals surface area contributed by atoms with Crippen LogP contribution in [0.2, 0.25) is 0 Å². The molecule has 0 atom stereocenters. The van der Waals surface area contributed by atoms with E-state index in [2.05, 4.69) is 39.0 Å². The summed E-state index contributed by atoms with van der Waals surface area (Å²) >= 11 is 3.57. The lowest BCUT2D eigenvalue weighted by Crippen LogP contribution is -2.11. The number of para-hydroxylation sites is 1. The average molecular weight is 278 g/mol. The first-order chi connectivity index (χ1) is 7.75. The average Bonchev–Trinajstić information content (AvgIpc) is 2.78. The van der Waals surface area contributed by atoms with Crippen LogP contribution in [-0.2, 0) is 13.1 Å². The van der Waals surface area contributed by atoms with Crippen molar-refractivity contribution in [2.75, 3.05) is 7.05 Å². The van der Waals surface area contributed by atoms with E-state index in [1.807, 2.05) is 29.1 Å². The summed E-state index contributed by atoms with van der Waals surface area (Å²) in [6.07, 6.45) is 1.97. The third-order valence-corrected chi connectivity index (χ3v) is 3.57. The standard InChI is InChI=1S/C12H12BrN3/c1-15-7-9-6-14-16(12(9)8-15)11-5-3-2-4-10(11)13/h2-6H,7-8H2,1H3. The normalized spacial score (nSPS) is 15.4. The number of rotatable bonds is 1. The predicted molar refractivity (Wildman–Crippen MR) is 66.4 cm³/mol. The van der Waals surface area contributed by atoms with Crippen LogP contribution < -0.4 is 0 Å². The largest absolute Gasteiger partial charge is 0.296 e. The van der Waals surface area contributed by atoms with E-state index >= 15 is 0 Å². The minimum Gasteiger partial charge on any atom is -0.296 e. The molecule has 3 nitrogen and oxygen atoms in total. The zero-order valence-electron chi connectivity index (χ0n) is 9.02. The van der Waals surface area contributed by atoms with Gasteiger partial charge >= 0.3 is 0 Å². The van der Waals surface area contributed by atoms with E-state index in [0.29, 0.717) is 0 Å². The Bertz CT molecular complexity index is 533. The first-order valence-corrected chi connectivity index (χ1v) is 6.04. The summed E-state index contributed by atoms with van der Waals surface area (Å²) in [5, 5.41) is 4.46. The minimum atomic E-state index is 0.969. The van der Waals surface area contributed by atoms with Gasteiger partial charge in [-0.25, -0.2) is 4.68 Å². The molecule has 0 unspecified atom stereocenters. The molecule has 16 heavy (non-hydrogen) atoms. The molecular weight excluding hydrogens is 266 g/mol. The Kier molecular flexibility index (Phi) is 2.33. The molecule has 4 heteroatoms. The molecule has 2 aromatic rings. The summed E-state index contributed by atoms with van der Waals surface area (Å²) < 4.78 is 3.11. The smallest absolute Gasteiger partial charge is 0.0791 e. The van der Waals surface area contributed by atoms with Crippen molar-refractivity contribution >= 4 is 15.9 Å². The van der Waals surface area contributed by atoms with Crippen LogP contribution in [0.3, 0.4) is 0 Å². The van der Waals surface area contributed by atoms with Gasteiger partial charge in [-0.15, -0.1) is 0 Å². The first-order valence-electron chi connectivity index (χ1n) is 5.25. The summed E-state index contributed by atoms with van der Waals surface area (Å²) in [4.78, 5) is 2.29. The summed E-state index contributed by atoms with van der Waals surface area (Å²) in [6, 6.07) is 8.17. The molecular formula is C12H12BrN3. The topological polar surface area (TPSA) is 21.1 Å². The third-order valence-electron chi connectivity index (χ3n) is 2.90. The number of aromatic nitrogens is 2. The first kappa shape index (κ1) is 10.1. The highest BCUT2D eigenvalue weighted by atomic mass is 79.9. The van der Waals surface area contributed by atoms with E-state index < -0.39 is 0 Å². The van der Waals surface area contributed by atoms with E-state index in [9.17, 15) is 0 Å². The van der Waals surface area contributed by atoms with E-state index in [-0.39, 0.29) is 0 Å². The fraction of sp³-hybridized carbons (Fsp3) is 0.250. The maximum absolute atomic E-state index is 4.46. The SMILES string of the molecule is CN1Cc2cnn(-c3ccccc3Br)c2C1. The van der Waals surface area contributed by atoms with Gasteiger partial charge in [0.2, 0.25) is 0 Å². The van der Waals surface area contributed by atoms with Crippen molar-refractivity contribution in [2.45, 2.75) is 13.1 Å². The maximum atomic E-state index is 4.46. The Morgan fingerprint density at radius 1 is 1.25 bits per heavy atom. The monoisotopic (exact) mass is 277 g/mol. The Balaban J connectivity index is 2.12. The fourth-order valence-corrected chi connectivity index (χ4v) is 2.59. The molecule has 2 heterocycles. The van der Waals surface area contributed by atoms with Crippen LogP contribution in [0.1, 0.15) is 11.3 Å². The van der Waals surface area contributed by atoms with Gasteiger partial charge in [0.25, 0.3) is 0 Å². The Morgan fingerprint density at radius 2 is 2.06 bits per heavy atom. The van der Waals surface area contributed by atoms with Crippen LogP contribution in [0, 0.1) is 0 Å². The summed E-state index contributed by atoms with van der Waals surface area (Å²) in [6.45, 7) is 1.97. The lowest BCUT2D eigenvalue weighted by molar-refractivity contribution is 0.346. The van der Waals surface area contributed by atoms with Gasteiger partial charge in [0.15, 0.2) is 0 Å². The van der Waals surface area contributed by atoms with E-state index in [0.717, 1.165) is 23.2 Å². The van der Waals surface area contributed by atoms with Crippen LogP contribution >= 0.6 is 15.9 Å². The number of fused-ring (bicyclic) bond motifs is 1. The molecule has 0 spiro atoms. The van der Waals surface area contributed by atoms with Crippen molar-refractivity contribution in [3.05, 3.63) is 46.2 Å². The second-order valence-electron chi connectivity index (χ2n) is 4.15. The van der Waals surface area contributed by atoms with Gasteiger partial charge in [0, 0.05) is 23.1 Å². The molecule has 0 radical (unpaired) electrons. The second-order valence-corrected chi connectivity index (χ2v) is 5.01. The lowest BCUT2D eigenvalue weighted by atomic mass is 10.3. The fourth-order valence-electron chi connectivity index (χ4n) is 2.14. The molecule has 0 saturated carbocycles. The zero-order valence-corrected chi connectivity index (χ0v) is 10.6. The molecule has 1 aliphatic rings. The van der Waals surface area contributed by atoms with Crippen molar-refractivity contribution in [1.82, 2.24) is 14.7 Å². The number of hydrogen-bond acceptors (Lipinski definition) is 2. The maximum Gasteiger partial charge on any atom is 0.0791 e. The molecule has 0 aliphatic carbocycles. The van der Waals surface area contributed by atoms with E-state index in [1.165, 1.54) is 11.3 Å². The molecule has 0 bridgehead atoms. The molecule has 1 aromatic heterocycles. The summed E-state index contributed by atoms with van der Waals surface area (Å²) in [7, 11) is 2.13. The van der Waals surface area contributed by atoms with E-state index in [1.54, 1.807) is 0 Å². The number of nitrogens with zero attached hydrogens (tertiary/aromatic N) is 3. The van der Waals surface area contributed by atoms with Gasteiger partial charge in [-0.3, -0.25) is 4.90 Å².